The van der Waals surface area contributed by atoms with E-state index in [4.69, 9.17) is 0 Å². The van der Waals surface area contributed by atoms with Crippen molar-refractivity contribution in [1.82, 2.24) is 0 Å². The lowest BCUT2D eigenvalue weighted by Gasteiger charge is -2.03. The summed E-state index contributed by atoms with van der Waals surface area (Å²) in [6.45, 7) is 4.40. The van der Waals surface area contributed by atoms with Crippen LogP contribution in [0.25, 0.3) is 83.5 Å². The molecule has 0 unspecified atom stereocenters. The first-order valence-electron chi connectivity index (χ1n) is 18.5. The van der Waals surface area contributed by atoms with Gasteiger partial charge in [0.25, 0.3) is 0 Å². The molecule has 4 heterocycles. The highest BCUT2D eigenvalue weighted by Crippen LogP contribution is 2.41. The third-order valence-electron chi connectivity index (χ3n) is 10.1. The molecule has 0 aliphatic rings. The molecule has 0 atom stereocenters. The number of benzene rings is 5. The Labute approximate surface area is 334 Å². The maximum atomic E-state index is 2.26. The standard InChI is InChI=1S/C50H38S4/c1-3-33-5-9-35(10-6-33)43-25-27-45(51-43)37-13-17-39(18-14-37)47-29-31-49(53-47)41-21-23-42(24-22-41)50-32-30-48(54-50)40-19-15-38(16-20-40)46-28-26-44(52-46)36-11-7-34(4-2)8-12-36/h5-32H,3-4H2,1-2H3. The quantitative estimate of drug-likeness (QED) is 0.130. The SMILES string of the molecule is CCc1ccc(-c2ccc(-c3ccc(-c4ccc(-c5ccc(-c6ccc(-c7ccc(-c8ccc(-c9ccc(CC)cc9)s8)cc7)s6)cc5)s4)cc3)s2)cc1. The third-order valence-corrected chi connectivity index (χ3v) is 14.8. The van der Waals surface area contributed by atoms with Crippen LogP contribution in [0.5, 0.6) is 0 Å². The van der Waals surface area contributed by atoms with Crippen LogP contribution < -0.4 is 0 Å². The minimum atomic E-state index is 1.07. The molecule has 54 heavy (non-hydrogen) atoms. The highest BCUT2D eigenvalue weighted by molar-refractivity contribution is 7.20. The molecule has 9 rings (SSSR count). The van der Waals surface area contributed by atoms with Gasteiger partial charge in [-0.3, -0.25) is 0 Å². The Hall–Kier alpha value is -5.10. The van der Waals surface area contributed by atoms with E-state index in [1.54, 1.807) is 0 Å². The van der Waals surface area contributed by atoms with Gasteiger partial charge in [0.2, 0.25) is 0 Å². The van der Waals surface area contributed by atoms with Crippen LogP contribution in [0.2, 0.25) is 0 Å². The molecule has 0 amide bonds. The van der Waals surface area contributed by atoms with Gasteiger partial charge in [0, 0.05) is 39.0 Å². The topological polar surface area (TPSA) is 0 Å². The van der Waals surface area contributed by atoms with Crippen LogP contribution in [0.15, 0.2) is 170 Å². The van der Waals surface area contributed by atoms with E-state index in [9.17, 15) is 0 Å². The summed E-state index contributed by atoms with van der Waals surface area (Å²) in [5, 5.41) is 0. The zero-order valence-electron chi connectivity index (χ0n) is 30.2. The second kappa shape index (κ2) is 15.3. The Morgan fingerprint density at radius 1 is 0.222 bits per heavy atom. The van der Waals surface area contributed by atoms with E-state index in [-0.39, 0.29) is 0 Å². The minimum absolute atomic E-state index is 1.07. The van der Waals surface area contributed by atoms with Crippen LogP contribution in [0.3, 0.4) is 0 Å². The van der Waals surface area contributed by atoms with Gasteiger partial charge in [0.15, 0.2) is 0 Å². The van der Waals surface area contributed by atoms with E-state index < -0.39 is 0 Å². The molecule has 0 saturated heterocycles. The molecule has 262 valence electrons. The molecule has 0 N–H and O–H groups in total. The van der Waals surface area contributed by atoms with E-state index in [0.29, 0.717) is 0 Å². The number of rotatable bonds is 10. The van der Waals surface area contributed by atoms with Crippen LogP contribution in [-0.2, 0) is 12.8 Å². The summed E-state index contributed by atoms with van der Waals surface area (Å²) in [5.41, 5.74) is 12.9. The summed E-state index contributed by atoms with van der Waals surface area (Å²) < 4.78 is 0. The maximum absolute atomic E-state index is 2.26. The number of hydrogen-bond donors (Lipinski definition) is 0. The summed E-state index contributed by atoms with van der Waals surface area (Å²) in [5.74, 6) is 0. The van der Waals surface area contributed by atoms with Crippen molar-refractivity contribution >= 4 is 45.3 Å². The van der Waals surface area contributed by atoms with Gasteiger partial charge in [0.1, 0.15) is 0 Å². The molecule has 0 spiro atoms. The van der Waals surface area contributed by atoms with Crippen molar-refractivity contribution < 1.29 is 0 Å². The molecule has 5 aromatic carbocycles. The molecule has 9 aromatic rings. The van der Waals surface area contributed by atoms with Crippen molar-refractivity contribution in [2.45, 2.75) is 26.7 Å². The van der Waals surface area contributed by atoms with Gasteiger partial charge in [0.05, 0.1) is 0 Å². The number of aryl methyl sites for hydroxylation is 2. The van der Waals surface area contributed by atoms with E-state index in [1.807, 2.05) is 45.3 Å². The van der Waals surface area contributed by atoms with E-state index in [1.165, 1.54) is 94.7 Å². The van der Waals surface area contributed by atoms with Crippen molar-refractivity contribution in [3.05, 3.63) is 181 Å². The van der Waals surface area contributed by atoms with Gasteiger partial charge in [-0.15, -0.1) is 45.3 Å². The predicted octanol–water partition coefficient (Wildman–Crippen LogP) is 16.4. The first-order chi connectivity index (χ1) is 26.6. The Morgan fingerprint density at radius 2 is 0.370 bits per heavy atom. The zero-order chi connectivity index (χ0) is 36.4. The van der Waals surface area contributed by atoms with Crippen LogP contribution in [0, 0.1) is 0 Å². The average Bonchev–Trinajstić information content (AvgIpc) is 4.09. The largest absolute Gasteiger partial charge is 0.135 e. The van der Waals surface area contributed by atoms with Crippen LogP contribution in [-0.4, -0.2) is 0 Å². The van der Waals surface area contributed by atoms with Crippen molar-refractivity contribution in [1.29, 1.82) is 0 Å². The fourth-order valence-corrected chi connectivity index (χ4v) is 10.9. The van der Waals surface area contributed by atoms with Crippen molar-refractivity contribution in [3.8, 4) is 83.5 Å². The molecule has 0 saturated carbocycles. The smallest absolute Gasteiger partial charge is 0.0349 e. The third kappa shape index (κ3) is 7.23. The normalized spacial score (nSPS) is 11.3. The first-order valence-corrected chi connectivity index (χ1v) is 21.8. The Morgan fingerprint density at radius 3 is 0.519 bits per heavy atom. The lowest BCUT2D eigenvalue weighted by molar-refractivity contribution is 1.14. The Kier molecular flexibility index (Phi) is 9.84. The van der Waals surface area contributed by atoms with Crippen LogP contribution in [0.4, 0.5) is 0 Å². The Bertz CT molecular complexity index is 2440. The van der Waals surface area contributed by atoms with Gasteiger partial charge in [-0.25, -0.2) is 0 Å². The summed E-state index contributed by atoms with van der Waals surface area (Å²) in [4.78, 5) is 10.4. The molecular formula is C50H38S4. The number of hydrogen-bond acceptors (Lipinski definition) is 4. The lowest BCUT2D eigenvalue weighted by Crippen LogP contribution is -1.78. The first kappa shape index (κ1) is 34.7. The molecule has 0 bridgehead atoms. The molecule has 0 aliphatic heterocycles. The molecule has 0 fully saturated rings. The van der Waals surface area contributed by atoms with Gasteiger partial charge >= 0.3 is 0 Å². The second-order valence-electron chi connectivity index (χ2n) is 13.5. The lowest BCUT2D eigenvalue weighted by atomic mass is 10.1. The van der Waals surface area contributed by atoms with Crippen LogP contribution >= 0.6 is 45.3 Å². The molecule has 4 aromatic heterocycles. The molecule has 0 nitrogen and oxygen atoms in total. The summed E-state index contributed by atoms with van der Waals surface area (Å²) in [7, 11) is 0. The fourth-order valence-electron chi connectivity index (χ4n) is 6.80. The molecule has 4 heteroatoms. The zero-order valence-corrected chi connectivity index (χ0v) is 33.5. The van der Waals surface area contributed by atoms with Gasteiger partial charge < -0.3 is 0 Å². The van der Waals surface area contributed by atoms with Crippen molar-refractivity contribution in [2.24, 2.45) is 0 Å². The van der Waals surface area contributed by atoms with E-state index >= 15 is 0 Å². The highest BCUT2D eigenvalue weighted by atomic mass is 32.1. The average molecular weight is 767 g/mol. The Balaban J connectivity index is 0.847. The fraction of sp³-hybridized carbons (Fsp3) is 0.0800. The molecule has 0 aliphatic carbocycles. The van der Waals surface area contributed by atoms with Crippen LogP contribution in [0.1, 0.15) is 25.0 Å². The highest BCUT2D eigenvalue weighted by Gasteiger charge is 2.11. The minimum Gasteiger partial charge on any atom is -0.135 e. The molecule has 0 radical (unpaired) electrons. The van der Waals surface area contributed by atoms with Gasteiger partial charge in [-0.2, -0.15) is 0 Å². The maximum Gasteiger partial charge on any atom is 0.0349 e. The predicted molar refractivity (Wildman–Crippen MR) is 240 cm³/mol. The van der Waals surface area contributed by atoms with E-state index in [2.05, 4.69) is 184 Å². The monoisotopic (exact) mass is 766 g/mol. The summed E-state index contributed by atoms with van der Waals surface area (Å²) in [6.07, 6.45) is 2.14. The van der Waals surface area contributed by atoms with Gasteiger partial charge in [-0.1, -0.05) is 135 Å². The van der Waals surface area contributed by atoms with Crippen molar-refractivity contribution in [2.75, 3.05) is 0 Å². The number of thiophene rings is 4. The van der Waals surface area contributed by atoms with Gasteiger partial charge in [-0.05, 0) is 117 Å². The van der Waals surface area contributed by atoms with Crippen molar-refractivity contribution in [3.63, 3.8) is 0 Å². The summed E-state index contributed by atoms with van der Waals surface area (Å²) >= 11 is 7.43. The van der Waals surface area contributed by atoms with E-state index in [0.717, 1.165) is 12.8 Å². The second-order valence-corrected chi connectivity index (χ2v) is 17.8. The summed E-state index contributed by atoms with van der Waals surface area (Å²) in [6, 6.07) is 63.1. The molecular weight excluding hydrogens is 729 g/mol.